The molecular weight excluding hydrogens is 390 g/mol. The van der Waals surface area contributed by atoms with E-state index < -0.39 is 10.0 Å². The minimum Gasteiger partial charge on any atom is -0.370 e. The fraction of sp³-hybridized carbons (Fsp3) is 0.353. The van der Waals surface area contributed by atoms with E-state index in [9.17, 15) is 8.42 Å². The molecule has 2 aromatic rings. The van der Waals surface area contributed by atoms with Gasteiger partial charge in [-0.1, -0.05) is 15.9 Å². The van der Waals surface area contributed by atoms with Gasteiger partial charge in [0, 0.05) is 30.3 Å². The van der Waals surface area contributed by atoms with Gasteiger partial charge >= 0.3 is 0 Å². The van der Waals surface area contributed by atoms with Gasteiger partial charge in [0.05, 0.1) is 16.8 Å². The van der Waals surface area contributed by atoms with Crippen molar-refractivity contribution in [3.05, 3.63) is 53.3 Å². The van der Waals surface area contributed by atoms with Gasteiger partial charge in [-0.3, -0.25) is 4.98 Å². The van der Waals surface area contributed by atoms with Gasteiger partial charge in [-0.2, -0.15) is 0 Å². The molecule has 3 rings (SSSR count). The lowest BCUT2D eigenvalue weighted by molar-refractivity contribution is 0.402. The Morgan fingerprint density at radius 1 is 1.17 bits per heavy atom. The fourth-order valence-electron chi connectivity index (χ4n) is 2.86. The first-order valence-electron chi connectivity index (χ1n) is 7.95. The summed E-state index contributed by atoms with van der Waals surface area (Å²) in [6, 6.07) is 10.7. The molecule has 2 heterocycles. The molecule has 0 atom stereocenters. The molecule has 1 aromatic carbocycles. The number of hydrogen-bond acceptors (Lipinski definition) is 4. The number of halogens is 1. The number of anilines is 1. The van der Waals surface area contributed by atoms with Crippen LogP contribution in [0.15, 0.2) is 58.2 Å². The number of hydrogen-bond donors (Lipinski definition) is 1. The second-order valence-corrected chi connectivity index (χ2v) is 8.63. The van der Waals surface area contributed by atoms with Crippen molar-refractivity contribution in [1.82, 2.24) is 9.71 Å². The molecule has 1 saturated heterocycles. The van der Waals surface area contributed by atoms with E-state index in [-0.39, 0.29) is 0 Å². The maximum Gasteiger partial charge on any atom is 0.240 e. The number of nitrogens with zero attached hydrogens (tertiary/aromatic N) is 2. The van der Waals surface area contributed by atoms with Crippen LogP contribution in [0.5, 0.6) is 0 Å². The van der Waals surface area contributed by atoms with Crippen molar-refractivity contribution in [2.45, 2.75) is 17.7 Å². The van der Waals surface area contributed by atoms with Crippen molar-refractivity contribution >= 4 is 31.6 Å². The number of benzene rings is 1. The van der Waals surface area contributed by atoms with Gasteiger partial charge < -0.3 is 4.90 Å². The summed E-state index contributed by atoms with van der Waals surface area (Å²) in [4.78, 5) is 6.75. The lowest BCUT2D eigenvalue weighted by Crippen LogP contribution is -2.38. The number of sulfonamides is 1. The molecule has 5 nitrogen and oxygen atoms in total. The average Bonchev–Trinajstić information content (AvgIpc) is 2.62. The number of rotatable bonds is 5. The van der Waals surface area contributed by atoms with Crippen molar-refractivity contribution < 1.29 is 8.42 Å². The SMILES string of the molecule is O=S(=O)(NCC1CCN(c2cccnc2)CC1)c1ccc(Br)cc1. The summed E-state index contributed by atoms with van der Waals surface area (Å²) in [7, 11) is -3.44. The van der Waals surface area contributed by atoms with Gasteiger partial charge in [-0.15, -0.1) is 0 Å². The maximum atomic E-state index is 12.3. The van der Waals surface area contributed by atoms with E-state index in [1.807, 2.05) is 12.3 Å². The minimum absolute atomic E-state index is 0.304. The summed E-state index contributed by atoms with van der Waals surface area (Å²) < 4.78 is 28.3. The molecule has 0 aliphatic carbocycles. The Kier molecular flexibility index (Phi) is 5.53. The van der Waals surface area contributed by atoms with Gasteiger partial charge in [-0.05, 0) is 55.2 Å². The summed E-state index contributed by atoms with van der Waals surface area (Å²) in [5, 5.41) is 0. The zero-order valence-electron chi connectivity index (χ0n) is 13.2. The molecule has 1 aromatic heterocycles. The van der Waals surface area contributed by atoms with Gasteiger partial charge in [0.15, 0.2) is 0 Å². The molecule has 0 unspecified atom stereocenters. The quantitative estimate of drug-likeness (QED) is 0.823. The van der Waals surface area contributed by atoms with Gasteiger partial charge in [0.25, 0.3) is 0 Å². The largest absolute Gasteiger partial charge is 0.370 e. The van der Waals surface area contributed by atoms with E-state index in [4.69, 9.17) is 0 Å². The van der Waals surface area contributed by atoms with Crippen LogP contribution in [-0.4, -0.2) is 33.0 Å². The first-order valence-corrected chi connectivity index (χ1v) is 10.2. The third-order valence-corrected chi connectivity index (χ3v) is 6.28. The van der Waals surface area contributed by atoms with Crippen LogP contribution in [0, 0.1) is 5.92 Å². The Balaban J connectivity index is 1.52. The Labute approximate surface area is 151 Å². The average molecular weight is 410 g/mol. The second-order valence-electron chi connectivity index (χ2n) is 5.95. The van der Waals surface area contributed by atoms with E-state index in [0.29, 0.717) is 17.4 Å². The third-order valence-electron chi connectivity index (χ3n) is 4.31. The first-order chi connectivity index (χ1) is 11.5. The van der Waals surface area contributed by atoms with Gasteiger partial charge in [0.1, 0.15) is 0 Å². The van der Waals surface area contributed by atoms with Gasteiger partial charge in [0.2, 0.25) is 10.0 Å². The highest BCUT2D eigenvalue weighted by Crippen LogP contribution is 2.22. The number of nitrogens with one attached hydrogen (secondary N) is 1. The third kappa shape index (κ3) is 4.34. The summed E-state index contributed by atoms with van der Waals surface area (Å²) in [5.74, 6) is 0.364. The highest BCUT2D eigenvalue weighted by Gasteiger charge is 2.22. The molecule has 1 aliphatic rings. The fourth-order valence-corrected chi connectivity index (χ4v) is 4.24. The van der Waals surface area contributed by atoms with Crippen molar-refractivity contribution in [2.75, 3.05) is 24.5 Å². The van der Waals surface area contributed by atoms with Crippen LogP contribution < -0.4 is 9.62 Å². The lowest BCUT2D eigenvalue weighted by atomic mass is 9.97. The molecule has 24 heavy (non-hydrogen) atoms. The van der Waals surface area contributed by atoms with Crippen LogP contribution >= 0.6 is 15.9 Å². The molecule has 1 fully saturated rings. The Bertz CT molecular complexity index is 758. The summed E-state index contributed by atoms with van der Waals surface area (Å²) >= 11 is 3.31. The molecule has 0 radical (unpaired) electrons. The normalized spacial score (nSPS) is 16.3. The zero-order valence-corrected chi connectivity index (χ0v) is 15.6. The smallest absolute Gasteiger partial charge is 0.240 e. The monoisotopic (exact) mass is 409 g/mol. The number of pyridine rings is 1. The molecular formula is C17H20BrN3O2S. The van der Waals surface area contributed by atoms with Crippen LogP contribution in [0.25, 0.3) is 0 Å². The molecule has 0 amide bonds. The summed E-state index contributed by atoms with van der Waals surface area (Å²) in [6.45, 7) is 2.34. The second kappa shape index (κ2) is 7.63. The summed E-state index contributed by atoms with van der Waals surface area (Å²) in [6.07, 6.45) is 5.58. The van der Waals surface area contributed by atoms with Crippen LogP contribution in [0.3, 0.4) is 0 Å². The van der Waals surface area contributed by atoms with E-state index in [1.54, 1.807) is 30.5 Å². The highest BCUT2D eigenvalue weighted by atomic mass is 79.9. The van der Waals surface area contributed by atoms with E-state index in [0.717, 1.165) is 36.1 Å². The zero-order chi connectivity index (χ0) is 17.0. The molecule has 7 heteroatoms. The van der Waals surface area contributed by atoms with Crippen LogP contribution in [0.1, 0.15) is 12.8 Å². The predicted octanol–water partition coefficient (Wildman–Crippen LogP) is 3.04. The highest BCUT2D eigenvalue weighted by molar-refractivity contribution is 9.10. The van der Waals surface area contributed by atoms with Crippen LogP contribution in [0.4, 0.5) is 5.69 Å². The number of aromatic nitrogens is 1. The topological polar surface area (TPSA) is 62.3 Å². The maximum absolute atomic E-state index is 12.3. The molecule has 0 bridgehead atoms. The Morgan fingerprint density at radius 3 is 2.50 bits per heavy atom. The molecule has 0 saturated carbocycles. The lowest BCUT2D eigenvalue weighted by Gasteiger charge is -2.33. The molecule has 0 spiro atoms. The molecule has 128 valence electrons. The Morgan fingerprint density at radius 2 is 1.88 bits per heavy atom. The Hall–Kier alpha value is -1.44. The van der Waals surface area contributed by atoms with E-state index >= 15 is 0 Å². The standard InChI is InChI=1S/C17H20BrN3O2S/c18-15-3-5-17(6-4-15)24(22,23)20-12-14-7-10-21(11-8-14)16-2-1-9-19-13-16/h1-6,9,13-14,20H,7-8,10-12H2. The first kappa shape index (κ1) is 17.4. The van der Waals surface area contributed by atoms with Crippen LogP contribution in [0.2, 0.25) is 0 Å². The van der Waals surface area contributed by atoms with Crippen molar-refractivity contribution in [3.63, 3.8) is 0 Å². The van der Waals surface area contributed by atoms with Crippen molar-refractivity contribution in [1.29, 1.82) is 0 Å². The predicted molar refractivity (Wildman–Crippen MR) is 98.5 cm³/mol. The molecule has 1 aliphatic heterocycles. The molecule has 1 N–H and O–H groups in total. The van der Waals surface area contributed by atoms with Crippen molar-refractivity contribution in [2.24, 2.45) is 5.92 Å². The minimum atomic E-state index is -3.44. The van der Waals surface area contributed by atoms with Crippen molar-refractivity contribution in [3.8, 4) is 0 Å². The number of piperidine rings is 1. The van der Waals surface area contributed by atoms with Gasteiger partial charge in [-0.25, -0.2) is 13.1 Å². The van der Waals surface area contributed by atoms with E-state index in [2.05, 4.69) is 36.6 Å². The van der Waals surface area contributed by atoms with Crippen LogP contribution in [-0.2, 0) is 10.0 Å². The summed E-state index contributed by atoms with van der Waals surface area (Å²) in [5.41, 5.74) is 1.13. The van der Waals surface area contributed by atoms with E-state index in [1.165, 1.54) is 0 Å².